The summed E-state index contributed by atoms with van der Waals surface area (Å²) < 4.78 is 11.6. The molecule has 0 bridgehead atoms. The van der Waals surface area contributed by atoms with Crippen LogP contribution in [-0.2, 0) is 4.74 Å². The summed E-state index contributed by atoms with van der Waals surface area (Å²) in [4.78, 5) is 11.8. The van der Waals surface area contributed by atoms with Crippen molar-refractivity contribution in [2.45, 2.75) is 20.0 Å². The minimum Gasteiger partial charge on any atom is -0.494 e. The molecule has 1 heterocycles. The number of nitrogen functional groups attached to an aromatic ring is 1. The highest BCUT2D eigenvalue weighted by Crippen LogP contribution is 2.24. The van der Waals surface area contributed by atoms with Gasteiger partial charge in [-0.3, -0.25) is 0 Å². The molecular weight excluding hydrogens is 260 g/mol. The van der Waals surface area contributed by atoms with Crippen molar-refractivity contribution >= 4 is 11.8 Å². The number of nitrogens with zero attached hydrogens (tertiary/aromatic N) is 3. The molecule has 1 aromatic carbocycles. The number of hydrogen-bond donors (Lipinski definition) is 1. The molecule has 0 amide bonds. The van der Waals surface area contributed by atoms with E-state index >= 15 is 0 Å². The normalized spacial score (nSPS) is 10.6. The van der Waals surface area contributed by atoms with Crippen LogP contribution in [0.1, 0.15) is 24.3 Å². The third kappa shape index (κ3) is 2.56. The zero-order chi connectivity index (χ0) is 14.7. The average molecular weight is 276 g/mol. The largest absolute Gasteiger partial charge is 0.494 e. The van der Waals surface area contributed by atoms with Crippen molar-refractivity contribution < 1.29 is 14.3 Å². The van der Waals surface area contributed by atoms with Gasteiger partial charge < -0.3 is 15.2 Å². The summed E-state index contributed by atoms with van der Waals surface area (Å²) in [5.41, 5.74) is 6.51. The molecule has 7 heteroatoms. The second kappa shape index (κ2) is 5.60. The number of esters is 1. The Morgan fingerprint density at radius 1 is 1.35 bits per heavy atom. The quantitative estimate of drug-likeness (QED) is 0.849. The maximum Gasteiger partial charge on any atom is 0.363 e. The van der Waals surface area contributed by atoms with Crippen molar-refractivity contribution in [3.8, 4) is 11.4 Å². The molecule has 20 heavy (non-hydrogen) atoms. The minimum atomic E-state index is -0.598. The SMILES string of the molecule is COc1ccccc1-n1nnc(C(=O)OC(C)C)c1N. The first-order valence-electron chi connectivity index (χ1n) is 6.10. The van der Waals surface area contributed by atoms with Gasteiger partial charge in [0.15, 0.2) is 5.82 Å². The van der Waals surface area contributed by atoms with Crippen LogP contribution in [0.2, 0.25) is 0 Å². The van der Waals surface area contributed by atoms with Gasteiger partial charge in [-0.1, -0.05) is 17.3 Å². The predicted octanol–water partition coefficient (Wildman–Crippen LogP) is 1.42. The molecule has 0 atom stereocenters. The summed E-state index contributed by atoms with van der Waals surface area (Å²) in [6.07, 6.45) is -0.252. The van der Waals surface area contributed by atoms with Gasteiger partial charge in [0.1, 0.15) is 11.4 Å². The second-order valence-electron chi connectivity index (χ2n) is 4.36. The zero-order valence-corrected chi connectivity index (χ0v) is 11.5. The minimum absolute atomic E-state index is 0.00962. The number of ether oxygens (including phenoxy) is 2. The Bertz CT molecular complexity index is 622. The number of benzene rings is 1. The maximum atomic E-state index is 11.8. The Hall–Kier alpha value is -2.57. The van der Waals surface area contributed by atoms with Crippen LogP contribution >= 0.6 is 0 Å². The number of aromatic nitrogens is 3. The van der Waals surface area contributed by atoms with Gasteiger partial charge in [-0.2, -0.15) is 4.68 Å². The second-order valence-corrected chi connectivity index (χ2v) is 4.36. The lowest BCUT2D eigenvalue weighted by Gasteiger charge is -2.09. The zero-order valence-electron chi connectivity index (χ0n) is 11.5. The lowest BCUT2D eigenvalue weighted by molar-refractivity contribution is 0.0372. The lowest BCUT2D eigenvalue weighted by atomic mass is 10.3. The van der Waals surface area contributed by atoms with Crippen LogP contribution in [0.3, 0.4) is 0 Å². The van der Waals surface area contributed by atoms with Gasteiger partial charge in [0.05, 0.1) is 13.2 Å². The topological polar surface area (TPSA) is 92.3 Å². The molecule has 106 valence electrons. The van der Waals surface area contributed by atoms with E-state index in [0.29, 0.717) is 11.4 Å². The molecule has 0 fully saturated rings. The molecule has 0 aliphatic heterocycles. The van der Waals surface area contributed by atoms with E-state index < -0.39 is 5.97 Å². The van der Waals surface area contributed by atoms with Gasteiger partial charge in [-0.15, -0.1) is 5.10 Å². The number of para-hydroxylation sites is 2. The van der Waals surface area contributed by atoms with E-state index in [4.69, 9.17) is 15.2 Å². The molecule has 0 spiro atoms. The molecule has 1 aromatic heterocycles. The first kappa shape index (κ1) is 13.9. The molecule has 7 nitrogen and oxygen atoms in total. The summed E-state index contributed by atoms with van der Waals surface area (Å²) in [6, 6.07) is 7.17. The molecule has 0 radical (unpaired) electrons. The molecular formula is C13H16N4O3. The van der Waals surface area contributed by atoms with Crippen LogP contribution < -0.4 is 10.5 Å². The molecule has 0 saturated carbocycles. The van der Waals surface area contributed by atoms with Gasteiger partial charge in [0.2, 0.25) is 5.69 Å². The van der Waals surface area contributed by atoms with Crippen LogP contribution in [0.25, 0.3) is 5.69 Å². The van der Waals surface area contributed by atoms with Crippen LogP contribution in [0.4, 0.5) is 5.82 Å². The fourth-order valence-corrected chi connectivity index (χ4v) is 1.69. The lowest BCUT2D eigenvalue weighted by Crippen LogP contribution is -2.14. The van der Waals surface area contributed by atoms with Crippen molar-refractivity contribution in [3.05, 3.63) is 30.0 Å². The Balaban J connectivity index is 2.40. The molecule has 0 unspecified atom stereocenters. The molecule has 0 aliphatic carbocycles. The van der Waals surface area contributed by atoms with Crippen molar-refractivity contribution in [2.24, 2.45) is 0 Å². The number of hydrogen-bond acceptors (Lipinski definition) is 6. The summed E-state index contributed by atoms with van der Waals surface area (Å²) in [5, 5.41) is 7.66. The van der Waals surface area contributed by atoms with E-state index in [2.05, 4.69) is 10.3 Å². The Morgan fingerprint density at radius 2 is 2.05 bits per heavy atom. The highest BCUT2D eigenvalue weighted by molar-refractivity contribution is 5.92. The smallest absolute Gasteiger partial charge is 0.363 e. The third-order valence-electron chi connectivity index (χ3n) is 2.55. The Labute approximate surface area is 116 Å². The number of carbonyl (C=O) groups excluding carboxylic acids is 1. The van der Waals surface area contributed by atoms with Crippen molar-refractivity contribution in [2.75, 3.05) is 12.8 Å². The van der Waals surface area contributed by atoms with Crippen molar-refractivity contribution in [1.29, 1.82) is 0 Å². The highest BCUT2D eigenvalue weighted by atomic mass is 16.5. The standard InChI is InChI=1S/C13H16N4O3/c1-8(2)20-13(18)11-12(14)17(16-15-11)9-6-4-5-7-10(9)19-3/h4-8H,14H2,1-3H3. The van der Waals surface area contributed by atoms with Gasteiger partial charge in [0, 0.05) is 0 Å². The molecule has 0 saturated heterocycles. The number of rotatable bonds is 4. The number of nitrogens with two attached hydrogens (primary N) is 1. The average Bonchev–Trinajstić information content (AvgIpc) is 2.79. The Morgan fingerprint density at radius 3 is 2.70 bits per heavy atom. The summed E-state index contributed by atoms with van der Waals surface area (Å²) in [6.45, 7) is 3.50. The van der Waals surface area contributed by atoms with E-state index in [1.165, 1.54) is 4.68 Å². The number of methoxy groups -OCH3 is 1. The first-order chi connectivity index (χ1) is 9.54. The predicted molar refractivity (Wildman–Crippen MR) is 72.9 cm³/mol. The van der Waals surface area contributed by atoms with Crippen LogP contribution in [0.15, 0.2) is 24.3 Å². The van der Waals surface area contributed by atoms with Gasteiger partial charge in [-0.05, 0) is 26.0 Å². The Kier molecular flexibility index (Phi) is 3.88. The fraction of sp³-hybridized carbons (Fsp3) is 0.308. The van der Waals surface area contributed by atoms with Crippen LogP contribution in [-0.4, -0.2) is 34.2 Å². The molecule has 0 aliphatic rings. The highest BCUT2D eigenvalue weighted by Gasteiger charge is 2.21. The molecule has 2 rings (SSSR count). The van der Waals surface area contributed by atoms with Crippen molar-refractivity contribution in [3.63, 3.8) is 0 Å². The fourth-order valence-electron chi connectivity index (χ4n) is 1.69. The van der Waals surface area contributed by atoms with E-state index in [1.54, 1.807) is 33.1 Å². The van der Waals surface area contributed by atoms with Gasteiger partial charge >= 0.3 is 5.97 Å². The van der Waals surface area contributed by atoms with E-state index in [9.17, 15) is 4.79 Å². The van der Waals surface area contributed by atoms with Crippen LogP contribution in [0, 0.1) is 0 Å². The molecule has 2 aromatic rings. The summed E-state index contributed by atoms with van der Waals surface area (Å²) >= 11 is 0. The maximum absolute atomic E-state index is 11.8. The third-order valence-corrected chi connectivity index (χ3v) is 2.55. The molecule has 2 N–H and O–H groups in total. The van der Waals surface area contributed by atoms with E-state index in [-0.39, 0.29) is 17.6 Å². The summed E-state index contributed by atoms with van der Waals surface area (Å²) in [5.74, 6) is 0.0895. The number of anilines is 1. The number of carbonyl (C=O) groups is 1. The first-order valence-corrected chi connectivity index (χ1v) is 6.10. The van der Waals surface area contributed by atoms with Gasteiger partial charge in [0.25, 0.3) is 0 Å². The van der Waals surface area contributed by atoms with Gasteiger partial charge in [-0.25, -0.2) is 4.79 Å². The van der Waals surface area contributed by atoms with Crippen LogP contribution in [0.5, 0.6) is 5.75 Å². The monoisotopic (exact) mass is 276 g/mol. The van der Waals surface area contributed by atoms with E-state index in [0.717, 1.165) is 0 Å². The summed E-state index contributed by atoms with van der Waals surface area (Å²) in [7, 11) is 1.54. The van der Waals surface area contributed by atoms with E-state index in [1.807, 2.05) is 12.1 Å². The van der Waals surface area contributed by atoms with Crippen molar-refractivity contribution in [1.82, 2.24) is 15.0 Å².